The number of rotatable bonds is 8. The molecule has 0 radical (unpaired) electrons. The van der Waals surface area contributed by atoms with Gasteiger partial charge in [0.2, 0.25) is 5.91 Å². The maximum atomic E-state index is 13.1. The van der Waals surface area contributed by atoms with Gasteiger partial charge in [-0.25, -0.2) is 10.9 Å². The van der Waals surface area contributed by atoms with Gasteiger partial charge in [-0.05, 0) is 54.7 Å². The van der Waals surface area contributed by atoms with Gasteiger partial charge in [0, 0.05) is 31.2 Å². The molecule has 4 rings (SSSR count). The molecule has 8 nitrogen and oxygen atoms in total. The number of nitrogens with one attached hydrogen (secondary N) is 3. The Balaban J connectivity index is 1.40. The van der Waals surface area contributed by atoms with E-state index in [1.807, 2.05) is 30.3 Å². The smallest absolute Gasteiger partial charge is 0.238 e. The number of methoxy groups -OCH3 is 3. The number of benzene rings is 2. The lowest BCUT2D eigenvalue weighted by atomic mass is 9.74. The summed E-state index contributed by atoms with van der Waals surface area (Å²) in [6, 6.07) is 13.6. The molecule has 0 aromatic heterocycles. The minimum absolute atomic E-state index is 0.000755. The van der Waals surface area contributed by atoms with Crippen LogP contribution < -0.4 is 30.4 Å². The fourth-order valence-corrected chi connectivity index (χ4v) is 4.67. The average molecular weight is 456 g/mol. The second-order valence-electron chi connectivity index (χ2n) is 8.58. The van der Waals surface area contributed by atoms with Crippen molar-refractivity contribution in [1.29, 1.82) is 0 Å². The Morgan fingerprint density at radius 3 is 2.39 bits per heavy atom. The fourth-order valence-electron chi connectivity index (χ4n) is 4.67. The Hall–Kier alpha value is -2.81. The highest BCUT2D eigenvalue weighted by atomic mass is 16.5. The first-order valence-electron chi connectivity index (χ1n) is 11.3. The average Bonchev–Trinajstić information content (AvgIpc) is 3.38. The SMILES string of the molecule is COc1ccc(C2(CNC(=O)C3CC(c4ccc(OC)c(OC)c4)NN3)CCOCC2)cc1. The normalized spacial score (nSPS) is 21.9. The molecule has 2 aliphatic heterocycles. The van der Waals surface area contributed by atoms with Gasteiger partial charge in [-0.15, -0.1) is 0 Å². The van der Waals surface area contributed by atoms with Gasteiger partial charge in [0.25, 0.3) is 0 Å². The van der Waals surface area contributed by atoms with Crippen LogP contribution in [-0.2, 0) is 14.9 Å². The first-order chi connectivity index (χ1) is 16.1. The molecule has 3 N–H and O–H groups in total. The zero-order valence-corrected chi connectivity index (χ0v) is 19.5. The van der Waals surface area contributed by atoms with Crippen LogP contribution in [0.4, 0.5) is 0 Å². The molecule has 2 aromatic carbocycles. The Kier molecular flexibility index (Phi) is 7.37. The molecule has 2 saturated heterocycles. The molecule has 2 aliphatic rings. The van der Waals surface area contributed by atoms with E-state index in [1.54, 1.807) is 21.3 Å². The lowest BCUT2D eigenvalue weighted by molar-refractivity contribution is -0.123. The number of hydrogen-bond donors (Lipinski definition) is 3. The third-order valence-corrected chi connectivity index (χ3v) is 6.78. The van der Waals surface area contributed by atoms with E-state index >= 15 is 0 Å². The molecule has 0 bridgehead atoms. The highest BCUT2D eigenvalue weighted by molar-refractivity contribution is 5.82. The minimum Gasteiger partial charge on any atom is -0.497 e. The lowest BCUT2D eigenvalue weighted by Crippen LogP contribution is -2.49. The Labute approximate surface area is 194 Å². The topological polar surface area (TPSA) is 90.1 Å². The molecule has 2 atom stereocenters. The zero-order valence-electron chi connectivity index (χ0n) is 19.5. The van der Waals surface area contributed by atoms with Gasteiger partial charge in [0.1, 0.15) is 11.8 Å². The van der Waals surface area contributed by atoms with Crippen molar-refractivity contribution in [2.24, 2.45) is 0 Å². The predicted octanol–water partition coefficient (Wildman–Crippen LogP) is 2.48. The summed E-state index contributed by atoms with van der Waals surface area (Å²) in [5.74, 6) is 2.17. The standard InChI is InChI=1S/C25H33N3O5/c1-30-19-7-5-18(6-8-19)25(10-12-33-13-11-25)16-26-24(29)21-15-20(27-28-21)17-4-9-22(31-2)23(14-17)32-3/h4-9,14,20-21,27-28H,10-13,15-16H2,1-3H3,(H,26,29). The van der Waals surface area contributed by atoms with Gasteiger partial charge in [-0.1, -0.05) is 18.2 Å². The maximum absolute atomic E-state index is 13.1. The number of ether oxygens (including phenoxy) is 4. The first kappa shape index (κ1) is 23.4. The molecule has 2 fully saturated rings. The minimum atomic E-state index is -0.323. The quantitative estimate of drug-likeness (QED) is 0.563. The van der Waals surface area contributed by atoms with Crippen LogP contribution in [0.15, 0.2) is 42.5 Å². The van der Waals surface area contributed by atoms with Crippen molar-refractivity contribution < 1.29 is 23.7 Å². The van der Waals surface area contributed by atoms with Gasteiger partial charge in [-0.3, -0.25) is 4.79 Å². The van der Waals surface area contributed by atoms with Crippen LogP contribution in [0.3, 0.4) is 0 Å². The first-order valence-corrected chi connectivity index (χ1v) is 11.3. The number of hydrazine groups is 1. The van der Waals surface area contributed by atoms with Crippen LogP contribution in [-0.4, -0.2) is 53.0 Å². The summed E-state index contributed by atoms with van der Waals surface area (Å²) in [6.45, 7) is 1.94. The summed E-state index contributed by atoms with van der Waals surface area (Å²) in [5.41, 5.74) is 8.49. The van der Waals surface area contributed by atoms with Crippen molar-refractivity contribution in [3.05, 3.63) is 53.6 Å². The van der Waals surface area contributed by atoms with Crippen molar-refractivity contribution >= 4 is 5.91 Å². The van der Waals surface area contributed by atoms with Crippen molar-refractivity contribution in [3.8, 4) is 17.2 Å². The molecule has 2 aromatic rings. The van der Waals surface area contributed by atoms with E-state index in [-0.39, 0.29) is 23.4 Å². The molecule has 178 valence electrons. The molecule has 1 amide bonds. The van der Waals surface area contributed by atoms with E-state index in [4.69, 9.17) is 18.9 Å². The number of carbonyl (C=O) groups is 1. The van der Waals surface area contributed by atoms with E-state index in [0.717, 1.165) is 24.2 Å². The lowest BCUT2D eigenvalue weighted by Gasteiger charge is -2.38. The number of carbonyl (C=O) groups excluding carboxylic acids is 1. The third kappa shape index (κ3) is 5.08. The third-order valence-electron chi connectivity index (χ3n) is 6.78. The van der Waals surface area contributed by atoms with Crippen LogP contribution >= 0.6 is 0 Å². The van der Waals surface area contributed by atoms with Crippen molar-refractivity contribution in [2.75, 3.05) is 41.1 Å². The van der Waals surface area contributed by atoms with E-state index < -0.39 is 0 Å². The van der Waals surface area contributed by atoms with E-state index in [0.29, 0.717) is 37.7 Å². The van der Waals surface area contributed by atoms with Crippen molar-refractivity contribution in [1.82, 2.24) is 16.2 Å². The monoisotopic (exact) mass is 455 g/mol. The Morgan fingerprint density at radius 2 is 1.73 bits per heavy atom. The Bertz CT molecular complexity index is 944. The van der Waals surface area contributed by atoms with Crippen LogP contribution in [0.1, 0.15) is 36.4 Å². The summed E-state index contributed by atoms with van der Waals surface area (Å²) in [6.07, 6.45) is 2.37. The van der Waals surface area contributed by atoms with Crippen LogP contribution in [0.2, 0.25) is 0 Å². The molecule has 8 heteroatoms. The maximum Gasteiger partial charge on any atom is 0.238 e. The highest BCUT2D eigenvalue weighted by Gasteiger charge is 2.37. The summed E-state index contributed by atoms with van der Waals surface area (Å²) < 4.78 is 21.7. The molecule has 2 unspecified atom stereocenters. The number of hydrogen-bond acceptors (Lipinski definition) is 7. The Morgan fingerprint density at radius 1 is 1.00 bits per heavy atom. The van der Waals surface area contributed by atoms with Gasteiger partial charge < -0.3 is 24.3 Å². The van der Waals surface area contributed by atoms with Crippen LogP contribution in [0.25, 0.3) is 0 Å². The fraction of sp³-hybridized carbons (Fsp3) is 0.480. The van der Waals surface area contributed by atoms with Gasteiger partial charge in [0.05, 0.1) is 21.3 Å². The van der Waals surface area contributed by atoms with E-state index in [9.17, 15) is 4.79 Å². The molecule has 0 aliphatic carbocycles. The van der Waals surface area contributed by atoms with E-state index in [2.05, 4.69) is 28.3 Å². The molecular weight excluding hydrogens is 422 g/mol. The zero-order chi connectivity index (χ0) is 23.3. The second-order valence-corrected chi connectivity index (χ2v) is 8.58. The van der Waals surface area contributed by atoms with Gasteiger partial charge in [-0.2, -0.15) is 0 Å². The van der Waals surface area contributed by atoms with E-state index in [1.165, 1.54) is 5.56 Å². The molecular formula is C25H33N3O5. The second kappa shape index (κ2) is 10.4. The summed E-state index contributed by atoms with van der Waals surface area (Å²) in [7, 11) is 4.90. The summed E-state index contributed by atoms with van der Waals surface area (Å²) in [4.78, 5) is 13.1. The van der Waals surface area contributed by atoms with Crippen molar-refractivity contribution in [2.45, 2.75) is 36.8 Å². The molecule has 33 heavy (non-hydrogen) atoms. The van der Waals surface area contributed by atoms with Gasteiger partial charge in [0.15, 0.2) is 11.5 Å². The highest BCUT2D eigenvalue weighted by Crippen LogP contribution is 2.36. The molecule has 2 heterocycles. The van der Waals surface area contributed by atoms with Crippen molar-refractivity contribution in [3.63, 3.8) is 0 Å². The summed E-state index contributed by atoms with van der Waals surface area (Å²) >= 11 is 0. The predicted molar refractivity (Wildman–Crippen MR) is 125 cm³/mol. The summed E-state index contributed by atoms with van der Waals surface area (Å²) in [5, 5.41) is 3.20. The largest absolute Gasteiger partial charge is 0.497 e. The van der Waals surface area contributed by atoms with Crippen LogP contribution in [0, 0.1) is 0 Å². The molecule has 0 spiro atoms. The van der Waals surface area contributed by atoms with Gasteiger partial charge >= 0.3 is 0 Å². The number of amides is 1. The molecule has 0 saturated carbocycles. The van der Waals surface area contributed by atoms with Crippen LogP contribution in [0.5, 0.6) is 17.2 Å².